The standard InChI is InChI=1S/C16H26N2O4/c1-21-15(19)17-10-9-11-7-8-13(17)14-6-4-3-5-12(11)18(14)16(20)22-2/h11-14H,3-10H2,1-2H3. The summed E-state index contributed by atoms with van der Waals surface area (Å²) in [6.07, 6.45) is 6.72. The molecule has 4 bridgehead atoms. The Kier molecular flexibility index (Phi) is 4.45. The Hall–Kier alpha value is -1.46. The number of amides is 2. The molecule has 3 aliphatic heterocycles. The van der Waals surface area contributed by atoms with Gasteiger partial charge >= 0.3 is 12.2 Å². The van der Waals surface area contributed by atoms with E-state index in [2.05, 4.69) is 0 Å². The molecule has 124 valence electrons. The monoisotopic (exact) mass is 310 g/mol. The van der Waals surface area contributed by atoms with E-state index in [1.54, 1.807) is 0 Å². The second-order valence-corrected chi connectivity index (χ2v) is 6.65. The van der Waals surface area contributed by atoms with Crippen LogP contribution in [-0.4, -0.2) is 60.9 Å². The molecule has 0 aromatic rings. The van der Waals surface area contributed by atoms with Crippen molar-refractivity contribution < 1.29 is 19.1 Å². The van der Waals surface area contributed by atoms with Gasteiger partial charge in [-0.25, -0.2) is 9.59 Å². The molecule has 4 atom stereocenters. The number of ether oxygens (including phenoxy) is 2. The average molecular weight is 310 g/mol. The minimum atomic E-state index is -0.266. The smallest absolute Gasteiger partial charge is 0.410 e. The number of carbonyl (C=O) groups is 2. The molecule has 3 rings (SSSR count). The molecule has 2 amide bonds. The lowest BCUT2D eigenvalue weighted by Gasteiger charge is -2.44. The molecule has 22 heavy (non-hydrogen) atoms. The van der Waals surface area contributed by atoms with Gasteiger partial charge in [0, 0.05) is 12.6 Å². The first-order chi connectivity index (χ1) is 10.7. The number of hydrogen-bond acceptors (Lipinski definition) is 4. The van der Waals surface area contributed by atoms with Gasteiger partial charge in [0.2, 0.25) is 0 Å². The molecule has 3 fully saturated rings. The summed E-state index contributed by atoms with van der Waals surface area (Å²) in [5.41, 5.74) is 0. The van der Waals surface area contributed by atoms with Gasteiger partial charge in [-0.2, -0.15) is 0 Å². The third-order valence-corrected chi connectivity index (χ3v) is 5.72. The van der Waals surface area contributed by atoms with E-state index in [1.165, 1.54) is 14.2 Å². The Labute approximate surface area is 131 Å². The van der Waals surface area contributed by atoms with Crippen LogP contribution >= 0.6 is 0 Å². The zero-order valence-electron chi connectivity index (χ0n) is 13.5. The van der Waals surface area contributed by atoms with Crippen molar-refractivity contribution in [1.29, 1.82) is 0 Å². The fourth-order valence-electron chi connectivity index (χ4n) is 4.73. The summed E-state index contributed by atoms with van der Waals surface area (Å²) < 4.78 is 10.1. The fourth-order valence-corrected chi connectivity index (χ4v) is 4.73. The SMILES string of the molecule is COC(=O)N1CCC2CCC1C1CCCCC2N1C(=O)OC. The molecule has 3 heterocycles. The number of fused-ring (bicyclic) bond motifs is 7. The highest BCUT2D eigenvalue weighted by molar-refractivity contribution is 5.70. The minimum Gasteiger partial charge on any atom is -0.453 e. The zero-order chi connectivity index (χ0) is 15.7. The van der Waals surface area contributed by atoms with E-state index >= 15 is 0 Å². The summed E-state index contributed by atoms with van der Waals surface area (Å²) in [5, 5.41) is 0. The van der Waals surface area contributed by atoms with Crippen molar-refractivity contribution in [2.45, 2.75) is 63.1 Å². The number of carbonyl (C=O) groups excluding carboxylic acids is 2. The van der Waals surface area contributed by atoms with Crippen molar-refractivity contribution in [3.05, 3.63) is 0 Å². The second-order valence-electron chi connectivity index (χ2n) is 6.65. The summed E-state index contributed by atoms with van der Waals surface area (Å²) in [7, 11) is 2.88. The maximum absolute atomic E-state index is 12.4. The highest BCUT2D eigenvalue weighted by Gasteiger charge is 2.48. The number of likely N-dealkylation sites (tertiary alicyclic amines) is 1. The molecule has 0 N–H and O–H groups in total. The lowest BCUT2D eigenvalue weighted by atomic mass is 9.89. The van der Waals surface area contributed by atoms with Crippen LogP contribution in [0.25, 0.3) is 0 Å². The zero-order valence-corrected chi connectivity index (χ0v) is 13.5. The molecule has 0 spiro atoms. The van der Waals surface area contributed by atoms with E-state index in [0.29, 0.717) is 5.92 Å². The Morgan fingerprint density at radius 1 is 0.818 bits per heavy atom. The van der Waals surface area contributed by atoms with Crippen molar-refractivity contribution in [3.8, 4) is 0 Å². The van der Waals surface area contributed by atoms with Crippen LogP contribution in [-0.2, 0) is 9.47 Å². The molecular formula is C16H26N2O4. The Bertz CT molecular complexity index is 442. The largest absolute Gasteiger partial charge is 0.453 e. The molecule has 0 aromatic heterocycles. The summed E-state index contributed by atoms with van der Waals surface area (Å²) in [5.74, 6) is 0.458. The minimum absolute atomic E-state index is 0.0552. The van der Waals surface area contributed by atoms with Crippen LogP contribution in [0.4, 0.5) is 9.59 Å². The number of hydrogen-bond donors (Lipinski definition) is 0. The fraction of sp³-hybridized carbons (Fsp3) is 0.875. The van der Waals surface area contributed by atoms with E-state index in [-0.39, 0.29) is 30.3 Å². The second kappa shape index (κ2) is 6.34. The van der Waals surface area contributed by atoms with Crippen molar-refractivity contribution in [2.75, 3.05) is 20.8 Å². The molecule has 0 aliphatic carbocycles. The van der Waals surface area contributed by atoms with Gasteiger partial charge in [0.05, 0.1) is 26.3 Å². The molecule has 6 heteroatoms. The number of nitrogens with zero attached hydrogens (tertiary/aromatic N) is 2. The molecule has 4 unspecified atom stereocenters. The quantitative estimate of drug-likeness (QED) is 0.690. The van der Waals surface area contributed by atoms with Gasteiger partial charge in [-0.1, -0.05) is 12.8 Å². The summed E-state index contributed by atoms with van der Waals surface area (Å²) in [6, 6.07) is 0.383. The maximum atomic E-state index is 12.4. The highest BCUT2D eigenvalue weighted by Crippen LogP contribution is 2.41. The summed E-state index contributed by atoms with van der Waals surface area (Å²) in [6.45, 7) is 0.740. The van der Waals surface area contributed by atoms with Gasteiger partial charge in [-0.15, -0.1) is 0 Å². The van der Waals surface area contributed by atoms with Crippen molar-refractivity contribution in [3.63, 3.8) is 0 Å². The first-order valence-corrected chi connectivity index (χ1v) is 8.38. The lowest BCUT2D eigenvalue weighted by Crippen LogP contribution is -2.58. The van der Waals surface area contributed by atoms with Gasteiger partial charge in [-0.05, 0) is 38.0 Å². The summed E-state index contributed by atoms with van der Waals surface area (Å²) >= 11 is 0. The topological polar surface area (TPSA) is 59.1 Å². The van der Waals surface area contributed by atoms with Crippen LogP contribution in [0.5, 0.6) is 0 Å². The predicted octanol–water partition coefficient (Wildman–Crippen LogP) is 2.62. The van der Waals surface area contributed by atoms with E-state index in [4.69, 9.17) is 9.47 Å². The molecule has 0 saturated carbocycles. The van der Waals surface area contributed by atoms with Crippen molar-refractivity contribution >= 4 is 12.2 Å². The van der Waals surface area contributed by atoms with Crippen LogP contribution in [0.15, 0.2) is 0 Å². The molecular weight excluding hydrogens is 284 g/mol. The van der Waals surface area contributed by atoms with Gasteiger partial charge < -0.3 is 14.4 Å². The van der Waals surface area contributed by atoms with Gasteiger partial charge in [0.25, 0.3) is 0 Å². The van der Waals surface area contributed by atoms with Crippen molar-refractivity contribution in [1.82, 2.24) is 9.80 Å². The van der Waals surface area contributed by atoms with Gasteiger partial charge in [-0.3, -0.25) is 4.90 Å². The van der Waals surface area contributed by atoms with E-state index in [1.807, 2.05) is 9.80 Å². The number of rotatable bonds is 0. The van der Waals surface area contributed by atoms with Crippen molar-refractivity contribution in [2.24, 2.45) is 5.92 Å². The molecule has 3 saturated heterocycles. The molecule has 3 aliphatic rings. The Morgan fingerprint density at radius 3 is 2.18 bits per heavy atom. The summed E-state index contributed by atoms with van der Waals surface area (Å²) in [4.78, 5) is 28.4. The first kappa shape index (κ1) is 15.4. The first-order valence-electron chi connectivity index (χ1n) is 8.38. The van der Waals surface area contributed by atoms with Crippen LogP contribution < -0.4 is 0 Å². The van der Waals surface area contributed by atoms with E-state index in [9.17, 15) is 9.59 Å². The molecule has 6 nitrogen and oxygen atoms in total. The Balaban J connectivity index is 1.98. The average Bonchev–Trinajstić information content (AvgIpc) is 2.95. The van der Waals surface area contributed by atoms with E-state index in [0.717, 1.165) is 51.5 Å². The van der Waals surface area contributed by atoms with Crippen LogP contribution in [0.3, 0.4) is 0 Å². The third kappa shape index (κ3) is 2.52. The van der Waals surface area contributed by atoms with Crippen LogP contribution in [0.2, 0.25) is 0 Å². The lowest BCUT2D eigenvalue weighted by molar-refractivity contribution is 0.0226. The molecule has 0 radical (unpaired) electrons. The third-order valence-electron chi connectivity index (χ3n) is 5.72. The molecule has 0 aromatic carbocycles. The van der Waals surface area contributed by atoms with Gasteiger partial charge in [0.1, 0.15) is 0 Å². The predicted molar refractivity (Wildman–Crippen MR) is 80.5 cm³/mol. The number of methoxy groups -OCH3 is 2. The normalized spacial score (nSPS) is 34.5. The maximum Gasteiger partial charge on any atom is 0.410 e. The Morgan fingerprint density at radius 2 is 1.50 bits per heavy atom. The highest BCUT2D eigenvalue weighted by atomic mass is 16.5. The van der Waals surface area contributed by atoms with Crippen LogP contribution in [0, 0.1) is 5.92 Å². The van der Waals surface area contributed by atoms with Crippen LogP contribution in [0.1, 0.15) is 44.9 Å². The van der Waals surface area contributed by atoms with E-state index < -0.39 is 0 Å². The van der Waals surface area contributed by atoms with Gasteiger partial charge in [0.15, 0.2) is 0 Å².